The number of aryl methyl sites for hydroxylation is 1. The molecular weight excluding hydrogens is 484 g/mol. The van der Waals surface area contributed by atoms with Crippen LogP contribution in [0.5, 0.6) is 17.2 Å². The van der Waals surface area contributed by atoms with Gasteiger partial charge in [-0.1, -0.05) is 36.4 Å². The number of Topliss-reactive ketones (excluding diaryl/α,β-unsaturated/α-hetero) is 1. The average molecular weight is 517 g/mol. The van der Waals surface area contributed by atoms with Crippen LogP contribution in [0, 0.1) is 6.92 Å². The number of carbonyl (C=O) groups is 2. The van der Waals surface area contributed by atoms with Gasteiger partial charge in [-0.2, -0.15) is 0 Å². The van der Waals surface area contributed by atoms with Gasteiger partial charge in [-0.05, 0) is 68.0 Å². The molecule has 0 aliphatic carbocycles. The molecule has 198 valence electrons. The number of likely N-dealkylation sites (N-methyl/N-ethyl adjacent to an activating group) is 1. The van der Waals surface area contributed by atoms with Crippen molar-refractivity contribution in [3.05, 3.63) is 94.6 Å². The highest BCUT2D eigenvalue weighted by atomic mass is 16.5. The van der Waals surface area contributed by atoms with Crippen LogP contribution in [0.1, 0.15) is 28.3 Å². The van der Waals surface area contributed by atoms with Crippen LogP contribution in [0.25, 0.3) is 5.76 Å². The third-order valence-electron chi connectivity index (χ3n) is 6.55. The van der Waals surface area contributed by atoms with Crippen molar-refractivity contribution < 1.29 is 29.3 Å². The number of likely N-dealkylation sites (tertiary alicyclic amines) is 1. The van der Waals surface area contributed by atoms with Crippen molar-refractivity contribution in [2.24, 2.45) is 0 Å². The van der Waals surface area contributed by atoms with Crippen LogP contribution >= 0.6 is 0 Å². The summed E-state index contributed by atoms with van der Waals surface area (Å²) in [4.78, 5) is 29.8. The van der Waals surface area contributed by atoms with E-state index in [9.17, 15) is 19.8 Å². The predicted molar refractivity (Wildman–Crippen MR) is 144 cm³/mol. The molecule has 8 nitrogen and oxygen atoms in total. The van der Waals surface area contributed by atoms with Crippen molar-refractivity contribution in [1.82, 2.24) is 9.80 Å². The third-order valence-corrected chi connectivity index (χ3v) is 6.55. The molecule has 1 fully saturated rings. The van der Waals surface area contributed by atoms with Gasteiger partial charge in [0, 0.05) is 18.7 Å². The summed E-state index contributed by atoms with van der Waals surface area (Å²) in [7, 11) is 5.17. The van der Waals surface area contributed by atoms with Gasteiger partial charge in [-0.25, -0.2) is 0 Å². The van der Waals surface area contributed by atoms with Crippen molar-refractivity contribution in [1.29, 1.82) is 0 Å². The largest absolute Gasteiger partial charge is 0.507 e. The number of ketones is 1. The number of ether oxygens (including phenoxy) is 2. The zero-order valence-corrected chi connectivity index (χ0v) is 22.0. The van der Waals surface area contributed by atoms with Gasteiger partial charge in [0.05, 0.1) is 18.7 Å². The van der Waals surface area contributed by atoms with E-state index in [0.717, 1.165) is 5.56 Å². The van der Waals surface area contributed by atoms with Gasteiger partial charge in [-0.3, -0.25) is 9.59 Å². The first-order valence-corrected chi connectivity index (χ1v) is 12.3. The topological polar surface area (TPSA) is 99.5 Å². The zero-order valence-electron chi connectivity index (χ0n) is 22.0. The van der Waals surface area contributed by atoms with Gasteiger partial charge < -0.3 is 29.5 Å². The van der Waals surface area contributed by atoms with E-state index in [0.29, 0.717) is 35.6 Å². The Balaban J connectivity index is 1.74. The lowest BCUT2D eigenvalue weighted by Gasteiger charge is -2.27. The predicted octanol–water partition coefficient (Wildman–Crippen LogP) is 4.27. The van der Waals surface area contributed by atoms with Gasteiger partial charge >= 0.3 is 0 Å². The number of methoxy groups -OCH3 is 1. The molecule has 1 aliphatic rings. The summed E-state index contributed by atoms with van der Waals surface area (Å²) in [6.07, 6.45) is 0. The number of hydrogen-bond acceptors (Lipinski definition) is 7. The highest BCUT2D eigenvalue weighted by Crippen LogP contribution is 2.42. The fourth-order valence-electron chi connectivity index (χ4n) is 4.51. The average Bonchev–Trinajstić information content (AvgIpc) is 3.16. The molecule has 1 heterocycles. The van der Waals surface area contributed by atoms with Crippen LogP contribution in [0.4, 0.5) is 0 Å². The van der Waals surface area contributed by atoms with Crippen LogP contribution in [0.15, 0.2) is 72.3 Å². The summed E-state index contributed by atoms with van der Waals surface area (Å²) in [6.45, 7) is 3.00. The quantitative estimate of drug-likeness (QED) is 0.249. The molecule has 0 saturated carbocycles. The van der Waals surface area contributed by atoms with Crippen LogP contribution in [-0.2, 0) is 16.2 Å². The summed E-state index contributed by atoms with van der Waals surface area (Å²) in [6, 6.07) is 18.8. The Morgan fingerprint density at radius 3 is 2.42 bits per heavy atom. The number of aliphatic hydroxyl groups excluding tert-OH is 1. The first-order chi connectivity index (χ1) is 18.2. The summed E-state index contributed by atoms with van der Waals surface area (Å²) in [5, 5.41) is 21.5. The third kappa shape index (κ3) is 5.50. The van der Waals surface area contributed by atoms with E-state index in [-0.39, 0.29) is 29.4 Å². The summed E-state index contributed by atoms with van der Waals surface area (Å²) < 4.78 is 11.2. The molecule has 0 bridgehead atoms. The number of hydrogen-bond donors (Lipinski definition) is 2. The first kappa shape index (κ1) is 26.8. The van der Waals surface area contributed by atoms with Gasteiger partial charge in [0.15, 0.2) is 11.5 Å². The Kier molecular flexibility index (Phi) is 8.02. The fraction of sp³-hybridized carbons (Fsp3) is 0.267. The Labute approximate surface area is 222 Å². The number of aromatic hydroxyl groups is 1. The maximum atomic E-state index is 13.3. The second-order valence-electron chi connectivity index (χ2n) is 9.48. The van der Waals surface area contributed by atoms with Crippen LogP contribution in [-0.4, -0.2) is 66.0 Å². The van der Waals surface area contributed by atoms with E-state index in [4.69, 9.17) is 9.47 Å². The number of phenolic OH excluding ortho intramolecular Hbond substituents is 1. The maximum Gasteiger partial charge on any atom is 0.295 e. The lowest BCUT2D eigenvalue weighted by atomic mass is 9.93. The smallest absolute Gasteiger partial charge is 0.295 e. The number of aliphatic hydroxyl groups is 1. The summed E-state index contributed by atoms with van der Waals surface area (Å²) in [5.41, 5.74) is 2.68. The molecule has 0 radical (unpaired) electrons. The van der Waals surface area contributed by atoms with Gasteiger partial charge in [-0.15, -0.1) is 0 Å². The SMILES string of the molecule is COc1cc([C@H]2/C(=C(\O)c3ccc(OCc4ccccc4)cc3C)C(=O)C(=O)N2CCN(C)C)ccc1O. The van der Waals surface area contributed by atoms with E-state index in [1.807, 2.05) is 56.3 Å². The van der Waals surface area contributed by atoms with Crippen molar-refractivity contribution in [3.63, 3.8) is 0 Å². The molecular formula is C30H32N2O6. The lowest BCUT2D eigenvalue weighted by molar-refractivity contribution is -0.140. The minimum Gasteiger partial charge on any atom is -0.507 e. The maximum absolute atomic E-state index is 13.3. The Hall–Kier alpha value is -4.30. The molecule has 2 N–H and O–H groups in total. The van der Waals surface area contributed by atoms with Crippen molar-refractivity contribution >= 4 is 17.4 Å². The minimum atomic E-state index is -0.849. The molecule has 3 aromatic rings. The fourth-order valence-corrected chi connectivity index (χ4v) is 4.51. The molecule has 38 heavy (non-hydrogen) atoms. The van der Waals surface area contributed by atoms with Crippen molar-refractivity contribution in [2.75, 3.05) is 34.3 Å². The standard InChI is InChI=1S/C30H32N2O6/c1-19-16-22(38-18-20-8-6-5-7-9-20)11-12-23(19)28(34)26-27(21-10-13-24(33)25(17-21)37-4)32(15-14-31(2)3)30(36)29(26)35/h5-13,16-17,27,33-34H,14-15,18H2,1-4H3/b28-26+/t27-/m0/s1. The second kappa shape index (κ2) is 11.4. The number of amides is 1. The summed E-state index contributed by atoms with van der Waals surface area (Å²) >= 11 is 0. The number of phenols is 1. The molecule has 0 aromatic heterocycles. The monoisotopic (exact) mass is 516 g/mol. The molecule has 0 spiro atoms. The Bertz CT molecular complexity index is 1370. The molecule has 1 saturated heterocycles. The lowest BCUT2D eigenvalue weighted by Crippen LogP contribution is -2.35. The number of carbonyl (C=O) groups excluding carboxylic acids is 2. The van der Waals surface area contributed by atoms with Gasteiger partial charge in [0.25, 0.3) is 11.7 Å². The molecule has 1 aliphatic heterocycles. The van der Waals surface area contributed by atoms with E-state index in [2.05, 4.69) is 0 Å². The molecule has 1 atom stereocenters. The van der Waals surface area contributed by atoms with Crippen LogP contribution in [0.3, 0.4) is 0 Å². The van der Waals surface area contributed by atoms with E-state index in [1.165, 1.54) is 18.1 Å². The highest BCUT2D eigenvalue weighted by molar-refractivity contribution is 6.46. The van der Waals surface area contributed by atoms with E-state index >= 15 is 0 Å². The van der Waals surface area contributed by atoms with Crippen molar-refractivity contribution in [3.8, 4) is 17.2 Å². The molecule has 1 amide bonds. The normalized spacial score (nSPS) is 16.8. The minimum absolute atomic E-state index is 0.0115. The van der Waals surface area contributed by atoms with Gasteiger partial charge in [0.1, 0.15) is 18.1 Å². The van der Waals surface area contributed by atoms with E-state index < -0.39 is 17.7 Å². The van der Waals surface area contributed by atoms with E-state index in [1.54, 1.807) is 30.3 Å². The van der Waals surface area contributed by atoms with Crippen LogP contribution in [0.2, 0.25) is 0 Å². The van der Waals surface area contributed by atoms with Crippen LogP contribution < -0.4 is 9.47 Å². The van der Waals surface area contributed by atoms with Crippen molar-refractivity contribution in [2.45, 2.75) is 19.6 Å². The highest BCUT2D eigenvalue weighted by Gasteiger charge is 2.46. The number of benzene rings is 3. The number of nitrogens with zero attached hydrogens (tertiary/aromatic N) is 2. The summed E-state index contributed by atoms with van der Waals surface area (Å²) in [5.74, 6) is -0.956. The molecule has 3 aromatic carbocycles. The zero-order chi connectivity index (χ0) is 27.4. The number of rotatable bonds is 9. The Morgan fingerprint density at radius 1 is 1.03 bits per heavy atom. The molecule has 8 heteroatoms. The van der Waals surface area contributed by atoms with Gasteiger partial charge in [0.2, 0.25) is 0 Å². The first-order valence-electron chi connectivity index (χ1n) is 12.3. The molecule has 4 rings (SSSR count). The second-order valence-corrected chi connectivity index (χ2v) is 9.48. The Morgan fingerprint density at radius 2 is 1.76 bits per heavy atom. The molecule has 0 unspecified atom stereocenters.